The minimum absolute atomic E-state index is 0.0470. The summed E-state index contributed by atoms with van der Waals surface area (Å²) in [7, 11) is 0. The highest BCUT2D eigenvalue weighted by molar-refractivity contribution is 6.55. The first-order chi connectivity index (χ1) is 22.1. The zero-order chi connectivity index (χ0) is 33.0. The molecule has 0 aliphatic heterocycles. The van der Waals surface area contributed by atoms with Crippen LogP contribution in [-0.4, -0.2) is 17.9 Å². The molecular formula is C43H62BNO. The molecule has 2 N–H and O–H groups in total. The van der Waals surface area contributed by atoms with Crippen LogP contribution >= 0.6 is 0 Å². The van der Waals surface area contributed by atoms with Crippen molar-refractivity contribution < 1.29 is 5.02 Å². The average molecular weight is 620 g/mol. The van der Waals surface area contributed by atoms with Gasteiger partial charge in [0.2, 0.25) is 0 Å². The van der Waals surface area contributed by atoms with Crippen LogP contribution in [0.3, 0.4) is 0 Å². The van der Waals surface area contributed by atoms with E-state index in [0.717, 1.165) is 12.8 Å². The molecule has 0 heterocycles. The van der Waals surface area contributed by atoms with Crippen molar-refractivity contribution in [3.8, 4) is 22.3 Å². The lowest BCUT2D eigenvalue weighted by molar-refractivity contribution is 0.331. The number of anilines is 1. The van der Waals surface area contributed by atoms with Gasteiger partial charge in [0.1, 0.15) is 0 Å². The lowest BCUT2D eigenvalue weighted by Gasteiger charge is -2.38. The zero-order valence-corrected chi connectivity index (χ0v) is 30.3. The maximum absolute atomic E-state index is 12.4. The van der Waals surface area contributed by atoms with E-state index in [4.69, 9.17) is 0 Å². The van der Waals surface area contributed by atoms with Gasteiger partial charge < -0.3 is 10.3 Å². The summed E-state index contributed by atoms with van der Waals surface area (Å²) in [6, 6.07) is 20.9. The van der Waals surface area contributed by atoms with Gasteiger partial charge in [-0.25, -0.2) is 0 Å². The highest BCUT2D eigenvalue weighted by Gasteiger charge is 2.39. The van der Waals surface area contributed by atoms with Crippen LogP contribution in [0.1, 0.15) is 166 Å². The molecule has 0 bridgehead atoms. The van der Waals surface area contributed by atoms with Gasteiger partial charge in [-0.3, -0.25) is 0 Å². The van der Waals surface area contributed by atoms with E-state index >= 15 is 0 Å². The van der Waals surface area contributed by atoms with E-state index < -0.39 is 0 Å². The Morgan fingerprint density at radius 2 is 0.913 bits per heavy atom. The Morgan fingerprint density at radius 1 is 0.543 bits per heavy atom. The second-order valence-corrected chi connectivity index (χ2v) is 15.9. The van der Waals surface area contributed by atoms with E-state index in [9.17, 15) is 5.02 Å². The van der Waals surface area contributed by atoms with E-state index in [1.165, 1.54) is 102 Å². The van der Waals surface area contributed by atoms with Gasteiger partial charge in [0.15, 0.2) is 0 Å². The SMILES string of the molecule is CC(C)c1cccc(C(C)C)c1-c1cccc(-c2c(C(C)C)cccc2C(C)C)c1N[C@H](B(O)C1CCCCC1)C1CCCCC1. The van der Waals surface area contributed by atoms with Gasteiger partial charge in [-0.1, -0.05) is 161 Å². The van der Waals surface area contributed by atoms with Crippen molar-refractivity contribution in [2.45, 2.75) is 155 Å². The van der Waals surface area contributed by atoms with Crippen LogP contribution in [0.4, 0.5) is 5.69 Å². The second kappa shape index (κ2) is 15.6. The normalized spacial score (nSPS) is 17.3. The predicted molar refractivity (Wildman–Crippen MR) is 202 cm³/mol. The molecule has 0 aromatic heterocycles. The summed E-state index contributed by atoms with van der Waals surface area (Å²) < 4.78 is 0. The van der Waals surface area contributed by atoms with E-state index in [2.05, 4.69) is 115 Å². The zero-order valence-electron chi connectivity index (χ0n) is 30.3. The molecule has 0 saturated heterocycles. The molecule has 2 saturated carbocycles. The van der Waals surface area contributed by atoms with Crippen molar-refractivity contribution in [2.75, 3.05) is 5.32 Å². The highest BCUT2D eigenvalue weighted by Crippen LogP contribution is 2.48. The van der Waals surface area contributed by atoms with Gasteiger partial charge in [-0.05, 0) is 81.6 Å². The predicted octanol–water partition coefficient (Wildman–Crippen LogP) is 12.7. The van der Waals surface area contributed by atoms with Crippen LogP contribution in [0, 0.1) is 5.92 Å². The molecule has 0 unspecified atom stereocenters. The molecule has 0 radical (unpaired) electrons. The van der Waals surface area contributed by atoms with Crippen molar-refractivity contribution >= 4 is 12.6 Å². The van der Waals surface area contributed by atoms with Crippen LogP contribution in [0.2, 0.25) is 5.82 Å². The summed E-state index contributed by atoms with van der Waals surface area (Å²) in [5.41, 5.74) is 12.3. The largest absolute Gasteiger partial charge is 0.448 e. The van der Waals surface area contributed by atoms with Crippen LogP contribution < -0.4 is 5.32 Å². The van der Waals surface area contributed by atoms with Crippen molar-refractivity contribution in [1.29, 1.82) is 0 Å². The lowest BCUT2D eigenvalue weighted by atomic mass is 9.44. The van der Waals surface area contributed by atoms with E-state index in [1.54, 1.807) is 0 Å². The maximum atomic E-state index is 12.4. The molecule has 0 spiro atoms. The molecule has 5 rings (SSSR count). The monoisotopic (exact) mass is 619 g/mol. The van der Waals surface area contributed by atoms with Crippen LogP contribution in [0.5, 0.6) is 0 Å². The Balaban J connectivity index is 1.81. The first-order valence-corrected chi connectivity index (χ1v) is 18.9. The summed E-state index contributed by atoms with van der Waals surface area (Å²) >= 11 is 0. The third kappa shape index (κ3) is 7.46. The van der Waals surface area contributed by atoms with Crippen LogP contribution in [-0.2, 0) is 0 Å². The molecule has 3 heteroatoms. The number of hydrogen-bond acceptors (Lipinski definition) is 2. The molecule has 2 fully saturated rings. The van der Waals surface area contributed by atoms with Gasteiger partial charge >= 0.3 is 6.92 Å². The molecular weight excluding hydrogens is 557 g/mol. The molecule has 3 aromatic carbocycles. The number of nitrogens with one attached hydrogen (secondary N) is 1. The third-order valence-electron chi connectivity index (χ3n) is 11.3. The van der Waals surface area contributed by atoms with E-state index in [0.29, 0.717) is 35.4 Å². The third-order valence-corrected chi connectivity index (χ3v) is 11.3. The number of para-hydroxylation sites is 1. The maximum Gasteiger partial charge on any atom is 0.315 e. The summed E-state index contributed by atoms with van der Waals surface area (Å²) in [6.07, 6.45) is 12.4. The second-order valence-electron chi connectivity index (χ2n) is 15.9. The van der Waals surface area contributed by atoms with Gasteiger partial charge in [-0.2, -0.15) is 0 Å². The molecule has 3 aromatic rings. The van der Waals surface area contributed by atoms with E-state index in [1.807, 2.05) is 0 Å². The first kappa shape index (κ1) is 34.8. The molecule has 46 heavy (non-hydrogen) atoms. The fourth-order valence-corrected chi connectivity index (χ4v) is 8.76. The van der Waals surface area contributed by atoms with Crippen molar-refractivity contribution in [3.05, 3.63) is 76.9 Å². The highest BCUT2D eigenvalue weighted by atomic mass is 16.2. The molecule has 2 aliphatic rings. The number of rotatable bonds is 11. The van der Waals surface area contributed by atoms with Gasteiger partial charge in [0.05, 0.1) is 0 Å². The van der Waals surface area contributed by atoms with Crippen molar-refractivity contribution in [1.82, 2.24) is 0 Å². The lowest BCUT2D eigenvalue weighted by Crippen LogP contribution is -2.47. The minimum atomic E-state index is -0.334. The van der Waals surface area contributed by atoms with Crippen LogP contribution in [0.25, 0.3) is 22.3 Å². The minimum Gasteiger partial charge on any atom is -0.448 e. The summed E-state index contributed by atoms with van der Waals surface area (Å²) in [4.78, 5) is 0. The van der Waals surface area contributed by atoms with Gasteiger partial charge in [0.25, 0.3) is 0 Å². The number of benzene rings is 3. The Morgan fingerprint density at radius 3 is 1.30 bits per heavy atom. The smallest absolute Gasteiger partial charge is 0.315 e. The Bertz CT molecular complexity index is 1290. The van der Waals surface area contributed by atoms with Gasteiger partial charge in [-0.15, -0.1) is 0 Å². The van der Waals surface area contributed by atoms with Crippen molar-refractivity contribution in [3.63, 3.8) is 0 Å². The molecule has 0 amide bonds. The van der Waals surface area contributed by atoms with Crippen molar-refractivity contribution in [2.24, 2.45) is 5.92 Å². The topological polar surface area (TPSA) is 32.3 Å². The number of hydrogen-bond donors (Lipinski definition) is 2. The first-order valence-electron chi connectivity index (χ1n) is 18.9. The summed E-state index contributed by atoms with van der Waals surface area (Å²) in [6.45, 7) is 18.4. The molecule has 2 nitrogen and oxygen atoms in total. The standard InChI is InChI=1S/C43H62BNO/c1-28(2)34-22-15-23-35(29(3)4)40(34)38-26-17-27-39(41-36(30(5)6)24-16-25-37(41)31(7)8)42(38)45-43(32-18-11-9-12-19-32)44(46)33-20-13-10-14-21-33/h15-17,22-33,43,45-46H,9-14,18-21H2,1-8H3/t43-/m0/s1. The fraction of sp³-hybridized carbons (Fsp3) is 0.581. The fourth-order valence-electron chi connectivity index (χ4n) is 8.76. The summed E-state index contributed by atoms with van der Waals surface area (Å²) in [5, 5.41) is 16.7. The Kier molecular flexibility index (Phi) is 11.8. The Labute approximate surface area is 282 Å². The molecule has 2 aliphatic carbocycles. The molecule has 248 valence electrons. The van der Waals surface area contributed by atoms with Gasteiger partial charge in [0, 0.05) is 22.8 Å². The van der Waals surface area contributed by atoms with E-state index in [-0.39, 0.29) is 12.9 Å². The Hall–Kier alpha value is -2.52. The summed E-state index contributed by atoms with van der Waals surface area (Å²) in [5.74, 6) is 2.53. The molecule has 1 atom stereocenters. The van der Waals surface area contributed by atoms with Crippen LogP contribution in [0.15, 0.2) is 54.6 Å². The average Bonchev–Trinajstić information content (AvgIpc) is 3.06. The quantitative estimate of drug-likeness (QED) is 0.209.